The fourth-order valence-electron chi connectivity index (χ4n) is 1.94. The number of hydrogen-bond acceptors (Lipinski definition) is 1. The van der Waals surface area contributed by atoms with E-state index in [0.717, 1.165) is 18.8 Å². The molecular formula is C14H28O2. The maximum atomic E-state index is 10.6. The fraction of sp³-hybridized carbons (Fsp3) is 0.929. The van der Waals surface area contributed by atoms with E-state index >= 15 is 0 Å². The smallest absolute Gasteiger partial charge is 0.306 e. The van der Waals surface area contributed by atoms with Crippen LogP contribution in [0.4, 0.5) is 0 Å². The zero-order chi connectivity index (χ0) is 12.4. The minimum Gasteiger partial charge on any atom is -0.481 e. The summed E-state index contributed by atoms with van der Waals surface area (Å²) in [5, 5.41) is 8.72. The first-order valence-electron chi connectivity index (χ1n) is 6.80. The summed E-state index contributed by atoms with van der Waals surface area (Å²) in [6, 6.07) is 0. The van der Waals surface area contributed by atoms with Crippen LogP contribution >= 0.6 is 0 Å². The summed E-state index contributed by atoms with van der Waals surface area (Å²) < 4.78 is 0. The van der Waals surface area contributed by atoms with Crippen LogP contribution < -0.4 is 0 Å². The number of carbonyl (C=O) groups is 1. The van der Waals surface area contributed by atoms with Gasteiger partial charge in [0.2, 0.25) is 0 Å². The minimum atomic E-state index is -0.656. The van der Waals surface area contributed by atoms with Crippen LogP contribution in [-0.4, -0.2) is 11.1 Å². The lowest BCUT2D eigenvalue weighted by atomic mass is 9.96. The van der Waals surface area contributed by atoms with Gasteiger partial charge in [0.25, 0.3) is 0 Å². The van der Waals surface area contributed by atoms with E-state index in [2.05, 4.69) is 13.8 Å². The van der Waals surface area contributed by atoms with Crippen LogP contribution in [0.2, 0.25) is 0 Å². The van der Waals surface area contributed by atoms with Crippen molar-refractivity contribution < 1.29 is 9.90 Å². The highest BCUT2D eigenvalue weighted by atomic mass is 16.4. The molecule has 0 aromatic rings. The largest absolute Gasteiger partial charge is 0.481 e. The maximum Gasteiger partial charge on any atom is 0.306 e. The Kier molecular flexibility index (Phi) is 9.36. The molecule has 16 heavy (non-hydrogen) atoms. The van der Waals surface area contributed by atoms with Crippen molar-refractivity contribution in [2.24, 2.45) is 11.8 Å². The lowest BCUT2D eigenvalue weighted by Gasteiger charge is -2.10. The van der Waals surface area contributed by atoms with Crippen LogP contribution in [-0.2, 0) is 4.79 Å². The first-order valence-corrected chi connectivity index (χ1v) is 6.80. The van der Waals surface area contributed by atoms with Gasteiger partial charge in [-0.1, -0.05) is 65.7 Å². The summed E-state index contributed by atoms with van der Waals surface area (Å²) in [4.78, 5) is 10.6. The topological polar surface area (TPSA) is 37.3 Å². The standard InChI is InChI=1S/C14H28O2/c1-4-5-9-12(2)10-7-6-8-11-13(3)14(15)16/h12-13H,4-11H2,1-3H3,(H,15,16). The van der Waals surface area contributed by atoms with Gasteiger partial charge in [-0.05, 0) is 12.3 Å². The molecule has 1 N–H and O–H groups in total. The predicted molar refractivity (Wildman–Crippen MR) is 68.6 cm³/mol. The summed E-state index contributed by atoms with van der Waals surface area (Å²) >= 11 is 0. The third-order valence-corrected chi connectivity index (χ3v) is 3.31. The summed E-state index contributed by atoms with van der Waals surface area (Å²) in [7, 11) is 0. The van der Waals surface area contributed by atoms with E-state index in [9.17, 15) is 4.79 Å². The molecular weight excluding hydrogens is 200 g/mol. The van der Waals surface area contributed by atoms with Crippen LogP contribution in [0.5, 0.6) is 0 Å². The van der Waals surface area contributed by atoms with E-state index in [1.54, 1.807) is 6.92 Å². The van der Waals surface area contributed by atoms with Crippen molar-refractivity contribution >= 4 is 5.97 Å². The highest BCUT2D eigenvalue weighted by Crippen LogP contribution is 2.17. The molecule has 0 aromatic carbocycles. The van der Waals surface area contributed by atoms with E-state index < -0.39 is 5.97 Å². The average molecular weight is 228 g/mol. The van der Waals surface area contributed by atoms with Gasteiger partial charge in [0.15, 0.2) is 0 Å². The molecule has 0 aliphatic rings. The summed E-state index contributed by atoms with van der Waals surface area (Å²) in [6.45, 7) is 6.36. The van der Waals surface area contributed by atoms with Gasteiger partial charge >= 0.3 is 5.97 Å². The molecule has 0 aromatic heterocycles. The van der Waals surface area contributed by atoms with Crippen molar-refractivity contribution in [3.8, 4) is 0 Å². The monoisotopic (exact) mass is 228 g/mol. The van der Waals surface area contributed by atoms with Gasteiger partial charge in [-0.15, -0.1) is 0 Å². The van der Waals surface area contributed by atoms with Gasteiger partial charge in [-0.3, -0.25) is 4.79 Å². The van der Waals surface area contributed by atoms with Gasteiger partial charge in [0.1, 0.15) is 0 Å². The third-order valence-electron chi connectivity index (χ3n) is 3.31. The van der Waals surface area contributed by atoms with Crippen LogP contribution in [0, 0.1) is 11.8 Å². The van der Waals surface area contributed by atoms with Crippen molar-refractivity contribution in [1.29, 1.82) is 0 Å². The van der Waals surface area contributed by atoms with E-state index in [0.29, 0.717) is 0 Å². The highest BCUT2D eigenvalue weighted by molar-refractivity contribution is 5.69. The zero-order valence-corrected chi connectivity index (χ0v) is 11.2. The van der Waals surface area contributed by atoms with Crippen molar-refractivity contribution in [3.05, 3.63) is 0 Å². The number of unbranched alkanes of at least 4 members (excludes halogenated alkanes) is 3. The van der Waals surface area contributed by atoms with Crippen molar-refractivity contribution in [1.82, 2.24) is 0 Å². The lowest BCUT2D eigenvalue weighted by molar-refractivity contribution is -0.141. The summed E-state index contributed by atoms with van der Waals surface area (Å²) in [6.07, 6.45) is 9.64. The molecule has 2 unspecified atom stereocenters. The minimum absolute atomic E-state index is 0.169. The third kappa shape index (κ3) is 8.75. The Morgan fingerprint density at radius 1 is 1.00 bits per heavy atom. The molecule has 0 amide bonds. The van der Waals surface area contributed by atoms with Crippen LogP contribution in [0.3, 0.4) is 0 Å². The second-order valence-corrected chi connectivity index (χ2v) is 5.12. The predicted octanol–water partition coefficient (Wildman–Crippen LogP) is 4.48. The van der Waals surface area contributed by atoms with Gasteiger partial charge in [0.05, 0.1) is 5.92 Å². The number of carboxylic acid groups (broad SMARTS) is 1. The van der Waals surface area contributed by atoms with E-state index in [4.69, 9.17) is 5.11 Å². The molecule has 2 nitrogen and oxygen atoms in total. The van der Waals surface area contributed by atoms with E-state index in [1.807, 2.05) is 0 Å². The Balaban J connectivity index is 3.29. The van der Waals surface area contributed by atoms with Crippen LogP contribution in [0.15, 0.2) is 0 Å². The zero-order valence-electron chi connectivity index (χ0n) is 11.2. The summed E-state index contributed by atoms with van der Waals surface area (Å²) in [5.74, 6) is 0.0191. The molecule has 0 heterocycles. The van der Waals surface area contributed by atoms with Crippen LogP contribution in [0.25, 0.3) is 0 Å². The number of carboxylic acids is 1. The molecule has 0 spiro atoms. The first kappa shape index (κ1) is 15.5. The fourth-order valence-corrected chi connectivity index (χ4v) is 1.94. The van der Waals surface area contributed by atoms with Crippen molar-refractivity contribution in [3.63, 3.8) is 0 Å². The van der Waals surface area contributed by atoms with Gasteiger partial charge in [0, 0.05) is 0 Å². The number of aliphatic carboxylic acids is 1. The van der Waals surface area contributed by atoms with Gasteiger partial charge in [-0.25, -0.2) is 0 Å². The Morgan fingerprint density at radius 2 is 1.56 bits per heavy atom. The molecule has 0 saturated heterocycles. The van der Waals surface area contributed by atoms with Crippen molar-refractivity contribution in [2.75, 3.05) is 0 Å². The summed E-state index contributed by atoms with van der Waals surface area (Å²) in [5.41, 5.74) is 0. The van der Waals surface area contributed by atoms with E-state index in [1.165, 1.54) is 38.5 Å². The lowest BCUT2D eigenvalue weighted by Crippen LogP contribution is -2.08. The molecule has 0 rings (SSSR count). The second kappa shape index (κ2) is 9.68. The Labute approximate surface area is 100 Å². The molecule has 0 saturated carbocycles. The van der Waals surface area contributed by atoms with Gasteiger partial charge < -0.3 is 5.11 Å². The molecule has 2 heteroatoms. The Morgan fingerprint density at radius 3 is 2.12 bits per heavy atom. The first-order chi connectivity index (χ1) is 7.57. The number of hydrogen-bond donors (Lipinski definition) is 1. The van der Waals surface area contributed by atoms with Crippen molar-refractivity contribution in [2.45, 2.75) is 72.1 Å². The Hall–Kier alpha value is -0.530. The number of rotatable bonds is 10. The van der Waals surface area contributed by atoms with E-state index in [-0.39, 0.29) is 5.92 Å². The molecule has 0 aliphatic carbocycles. The highest BCUT2D eigenvalue weighted by Gasteiger charge is 2.09. The normalized spacial score (nSPS) is 14.7. The maximum absolute atomic E-state index is 10.6. The SMILES string of the molecule is CCCCC(C)CCCCCC(C)C(=O)O. The molecule has 0 aliphatic heterocycles. The van der Waals surface area contributed by atoms with Crippen LogP contribution in [0.1, 0.15) is 72.1 Å². The van der Waals surface area contributed by atoms with Gasteiger partial charge in [-0.2, -0.15) is 0 Å². The molecule has 0 fully saturated rings. The quantitative estimate of drug-likeness (QED) is 0.560. The molecule has 96 valence electrons. The average Bonchev–Trinajstić information content (AvgIpc) is 2.25. The second-order valence-electron chi connectivity index (χ2n) is 5.12. The Bertz CT molecular complexity index is 178. The molecule has 0 radical (unpaired) electrons. The molecule has 2 atom stereocenters. The molecule has 0 bridgehead atoms.